The van der Waals surface area contributed by atoms with E-state index in [0.29, 0.717) is 49.9 Å². The molecule has 0 radical (unpaired) electrons. The highest BCUT2D eigenvalue weighted by Gasteiger charge is 2.19. The number of anilines is 1. The van der Waals surface area contributed by atoms with Gasteiger partial charge in [-0.2, -0.15) is 5.26 Å². The number of fused-ring (bicyclic) bond motifs is 1. The van der Waals surface area contributed by atoms with Gasteiger partial charge in [0.15, 0.2) is 0 Å². The summed E-state index contributed by atoms with van der Waals surface area (Å²) in [6.07, 6.45) is 3.36. The summed E-state index contributed by atoms with van der Waals surface area (Å²) in [7, 11) is 0. The standard InChI is InChI=1S/C26H26N4O4/c1-2-34-22-7-5-6-21(15-22)28-26(32)19(16-27)14-20-17-30(24-9-4-3-8-23(20)24)18-25(31)29-10-12-33-13-11-29/h3-9,14-15,17H,2,10-13,18H2,1H3,(H,28,32)/b19-14-. The summed E-state index contributed by atoms with van der Waals surface area (Å²) in [6.45, 7) is 4.81. The molecule has 0 atom stereocenters. The molecule has 0 saturated carbocycles. The molecule has 0 bridgehead atoms. The number of hydrogen-bond acceptors (Lipinski definition) is 5. The van der Waals surface area contributed by atoms with Crippen molar-refractivity contribution in [3.05, 3.63) is 65.9 Å². The third-order valence-corrected chi connectivity index (χ3v) is 5.56. The Balaban J connectivity index is 1.58. The lowest BCUT2D eigenvalue weighted by atomic mass is 10.1. The van der Waals surface area contributed by atoms with Crippen molar-refractivity contribution in [2.75, 3.05) is 38.2 Å². The first-order valence-corrected chi connectivity index (χ1v) is 11.2. The van der Waals surface area contributed by atoms with Crippen LogP contribution >= 0.6 is 0 Å². The molecule has 1 saturated heterocycles. The smallest absolute Gasteiger partial charge is 0.266 e. The fourth-order valence-corrected chi connectivity index (χ4v) is 3.91. The van der Waals surface area contributed by atoms with Crippen LogP contribution in [-0.4, -0.2) is 54.2 Å². The maximum absolute atomic E-state index is 12.8. The molecule has 8 nitrogen and oxygen atoms in total. The zero-order chi connectivity index (χ0) is 23.9. The highest BCUT2D eigenvalue weighted by molar-refractivity contribution is 6.10. The van der Waals surface area contributed by atoms with Gasteiger partial charge in [0, 0.05) is 47.5 Å². The van der Waals surface area contributed by atoms with Crippen LogP contribution in [0.25, 0.3) is 17.0 Å². The van der Waals surface area contributed by atoms with E-state index in [-0.39, 0.29) is 18.0 Å². The van der Waals surface area contributed by atoms with Gasteiger partial charge >= 0.3 is 0 Å². The average molecular weight is 459 g/mol. The second-order valence-corrected chi connectivity index (χ2v) is 7.81. The monoisotopic (exact) mass is 458 g/mol. The second-order valence-electron chi connectivity index (χ2n) is 7.81. The minimum Gasteiger partial charge on any atom is -0.494 e. The van der Waals surface area contributed by atoms with Crippen molar-refractivity contribution in [2.45, 2.75) is 13.5 Å². The summed E-state index contributed by atoms with van der Waals surface area (Å²) >= 11 is 0. The van der Waals surface area contributed by atoms with Gasteiger partial charge in [-0.25, -0.2) is 0 Å². The number of para-hydroxylation sites is 1. The second kappa shape index (κ2) is 10.7. The molecule has 2 aromatic carbocycles. The molecular weight excluding hydrogens is 432 g/mol. The highest BCUT2D eigenvalue weighted by atomic mass is 16.5. The molecule has 0 spiro atoms. The van der Waals surface area contributed by atoms with Crippen molar-refractivity contribution in [1.29, 1.82) is 5.26 Å². The van der Waals surface area contributed by atoms with Crippen LogP contribution in [0.5, 0.6) is 5.75 Å². The molecule has 34 heavy (non-hydrogen) atoms. The van der Waals surface area contributed by atoms with Crippen LogP contribution in [-0.2, 0) is 20.9 Å². The van der Waals surface area contributed by atoms with Crippen molar-refractivity contribution in [3.8, 4) is 11.8 Å². The van der Waals surface area contributed by atoms with E-state index in [2.05, 4.69) is 5.32 Å². The zero-order valence-corrected chi connectivity index (χ0v) is 19.0. The van der Waals surface area contributed by atoms with Gasteiger partial charge in [0.1, 0.15) is 23.9 Å². The first-order valence-electron chi connectivity index (χ1n) is 11.2. The molecule has 2 amide bonds. The first-order chi connectivity index (χ1) is 16.6. The Labute approximate surface area is 198 Å². The molecule has 1 aromatic heterocycles. The van der Waals surface area contributed by atoms with Gasteiger partial charge < -0.3 is 24.3 Å². The molecule has 8 heteroatoms. The number of nitrogens with zero attached hydrogens (tertiary/aromatic N) is 3. The summed E-state index contributed by atoms with van der Waals surface area (Å²) in [5, 5.41) is 13.3. The zero-order valence-electron chi connectivity index (χ0n) is 19.0. The Morgan fingerprint density at radius 3 is 2.74 bits per heavy atom. The Kier molecular flexibility index (Phi) is 7.25. The van der Waals surface area contributed by atoms with Crippen molar-refractivity contribution in [1.82, 2.24) is 9.47 Å². The van der Waals surface area contributed by atoms with Crippen LogP contribution in [0.4, 0.5) is 5.69 Å². The van der Waals surface area contributed by atoms with Crippen LogP contribution in [0.15, 0.2) is 60.3 Å². The molecule has 1 fully saturated rings. The largest absolute Gasteiger partial charge is 0.494 e. The molecule has 1 aliphatic rings. The molecule has 2 heterocycles. The minimum atomic E-state index is -0.516. The van der Waals surface area contributed by atoms with E-state index in [1.165, 1.54) is 0 Å². The molecule has 4 rings (SSSR count). The molecule has 0 unspecified atom stereocenters. The van der Waals surface area contributed by atoms with E-state index in [1.54, 1.807) is 35.2 Å². The predicted octanol–water partition coefficient (Wildman–Crippen LogP) is 3.44. The fraction of sp³-hybridized carbons (Fsp3) is 0.269. The van der Waals surface area contributed by atoms with Crippen LogP contribution < -0.4 is 10.1 Å². The normalized spacial score (nSPS) is 14.0. The van der Waals surface area contributed by atoms with E-state index in [1.807, 2.05) is 48.0 Å². The Morgan fingerprint density at radius 1 is 1.18 bits per heavy atom. The predicted molar refractivity (Wildman–Crippen MR) is 129 cm³/mol. The average Bonchev–Trinajstić information content (AvgIpc) is 3.20. The van der Waals surface area contributed by atoms with Gasteiger partial charge in [-0.05, 0) is 31.2 Å². The van der Waals surface area contributed by atoms with Crippen LogP contribution in [0, 0.1) is 11.3 Å². The van der Waals surface area contributed by atoms with Gasteiger partial charge in [-0.1, -0.05) is 24.3 Å². The van der Waals surface area contributed by atoms with E-state index in [4.69, 9.17) is 9.47 Å². The number of hydrogen-bond donors (Lipinski definition) is 1. The van der Waals surface area contributed by atoms with E-state index in [9.17, 15) is 14.9 Å². The summed E-state index contributed by atoms with van der Waals surface area (Å²) in [5.74, 6) is 0.125. The van der Waals surface area contributed by atoms with Crippen LogP contribution in [0.1, 0.15) is 12.5 Å². The SMILES string of the molecule is CCOc1cccc(NC(=O)/C(C#N)=C\c2cn(CC(=O)N3CCOCC3)c3ccccc23)c1. The molecule has 0 aliphatic carbocycles. The summed E-state index contributed by atoms with van der Waals surface area (Å²) in [6, 6.07) is 16.6. The number of nitriles is 1. The van der Waals surface area contributed by atoms with Crippen molar-refractivity contribution >= 4 is 34.5 Å². The number of carbonyl (C=O) groups is 2. The number of ether oxygens (including phenoxy) is 2. The Hall–Kier alpha value is -4.09. The Bertz CT molecular complexity index is 1270. The quantitative estimate of drug-likeness (QED) is 0.432. The number of rotatable bonds is 7. The molecule has 1 N–H and O–H groups in total. The number of amides is 2. The van der Waals surface area contributed by atoms with E-state index in [0.717, 1.165) is 10.9 Å². The molecule has 3 aromatic rings. The minimum absolute atomic E-state index is 0.00649. The fourth-order valence-electron chi connectivity index (χ4n) is 3.91. The van der Waals surface area contributed by atoms with Crippen molar-refractivity contribution in [2.24, 2.45) is 0 Å². The highest BCUT2D eigenvalue weighted by Crippen LogP contribution is 2.25. The Morgan fingerprint density at radius 2 is 1.97 bits per heavy atom. The van der Waals surface area contributed by atoms with E-state index >= 15 is 0 Å². The van der Waals surface area contributed by atoms with E-state index < -0.39 is 5.91 Å². The lowest BCUT2D eigenvalue weighted by Gasteiger charge is -2.27. The van der Waals surface area contributed by atoms with Crippen LogP contribution in [0.3, 0.4) is 0 Å². The maximum Gasteiger partial charge on any atom is 0.266 e. The summed E-state index contributed by atoms with van der Waals surface area (Å²) in [5.41, 5.74) is 2.05. The molecule has 174 valence electrons. The lowest BCUT2D eigenvalue weighted by molar-refractivity contribution is -0.135. The maximum atomic E-state index is 12.8. The lowest BCUT2D eigenvalue weighted by Crippen LogP contribution is -2.42. The molecule has 1 aliphatic heterocycles. The van der Waals surface area contributed by atoms with Gasteiger partial charge in [0.2, 0.25) is 5.91 Å². The molecular formula is C26H26N4O4. The van der Waals surface area contributed by atoms with Gasteiger partial charge in [-0.3, -0.25) is 9.59 Å². The number of carbonyl (C=O) groups excluding carboxylic acids is 2. The van der Waals surface area contributed by atoms with Gasteiger partial charge in [-0.15, -0.1) is 0 Å². The number of benzene rings is 2. The van der Waals surface area contributed by atoms with Crippen molar-refractivity contribution < 1.29 is 19.1 Å². The first kappa shape index (κ1) is 23.1. The van der Waals surface area contributed by atoms with Gasteiger partial charge in [0.25, 0.3) is 5.91 Å². The summed E-state index contributed by atoms with van der Waals surface area (Å²) in [4.78, 5) is 27.4. The van der Waals surface area contributed by atoms with Crippen LogP contribution in [0.2, 0.25) is 0 Å². The number of nitrogens with one attached hydrogen (secondary N) is 1. The third-order valence-electron chi connectivity index (χ3n) is 5.56. The number of morpholine rings is 1. The third kappa shape index (κ3) is 5.27. The number of aromatic nitrogens is 1. The van der Waals surface area contributed by atoms with Crippen molar-refractivity contribution in [3.63, 3.8) is 0 Å². The summed E-state index contributed by atoms with van der Waals surface area (Å²) < 4.78 is 12.7. The van der Waals surface area contributed by atoms with Gasteiger partial charge in [0.05, 0.1) is 19.8 Å². The topological polar surface area (TPSA) is 96.6 Å².